The fourth-order valence-electron chi connectivity index (χ4n) is 0.839. The van der Waals surface area contributed by atoms with Gasteiger partial charge >= 0.3 is 86.3 Å². The summed E-state index contributed by atoms with van der Waals surface area (Å²) in [5.41, 5.74) is -0.773. The van der Waals surface area contributed by atoms with Gasteiger partial charge in [-0.1, -0.05) is 0 Å². The normalized spacial score (nSPS) is 9.50. The summed E-state index contributed by atoms with van der Waals surface area (Å²) in [6.07, 6.45) is 0. The summed E-state index contributed by atoms with van der Waals surface area (Å²) >= 11 is 1.69. The third kappa shape index (κ3) is 2.00. The molecule has 0 atom stereocenters. The van der Waals surface area contributed by atoms with Crippen molar-refractivity contribution >= 4 is 28.6 Å². The van der Waals surface area contributed by atoms with Crippen LogP contribution in [0.5, 0.6) is 5.75 Å². The monoisotopic (exact) mass is 258 g/mol. The summed E-state index contributed by atoms with van der Waals surface area (Å²) in [4.78, 5) is 19.3. The summed E-state index contributed by atoms with van der Waals surface area (Å²) in [5.74, 6) is -0.0272. The van der Waals surface area contributed by atoms with E-state index in [0.29, 0.717) is 0 Å². The van der Waals surface area contributed by atoms with Crippen molar-refractivity contribution in [1.82, 2.24) is 0 Å². The molecule has 0 N–H and O–H groups in total. The van der Waals surface area contributed by atoms with E-state index in [0.717, 1.165) is 12.1 Å². The van der Waals surface area contributed by atoms with Crippen LogP contribution in [0.3, 0.4) is 0 Å². The van der Waals surface area contributed by atoms with Gasteiger partial charge in [-0.05, 0) is 0 Å². The summed E-state index contributed by atoms with van der Waals surface area (Å²) in [6.45, 7) is 0. The number of hydrogen-bond donors (Lipinski definition) is 0. The first-order chi connectivity index (χ1) is 6.56. The zero-order valence-electron chi connectivity index (χ0n) is 6.61. The van der Waals surface area contributed by atoms with Crippen LogP contribution < -0.4 is 3.73 Å². The molecule has 0 unspecified atom stereocenters. The van der Waals surface area contributed by atoms with Crippen molar-refractivity contribution in [3.63, 3.8) is 0 Å². The van der Waals surface area contributed by atoms with E-state index in [2.05, 4.69) is 3.73 Å². The van der Waals surface area contributed by atoms with Gasteiger partial charge in [0.25, 0.3) is 0 Å². The number of nitrogens with zero attached hydrogens (tertiary/aromatic N) is 2. The van der Waals surface area contributed by atoms with Crippen LogP contribution in [0, 0.1) is 20.2 Å². The molecule has 0 aromatic heterocycles. The number of rotatable bonds is 3. The zero-order valence-corrected chi connectivity index (χ0v) is 8.49. The van der Waals surface area contributed by atoms with Crippen LogP contribution in [0.25, 0.3) is 0 Å². The second-order valence-corrected chi connectivity index (χ2v) is 2.64. The van der Waals surface area contributed by atoms with E-state index in [1.165, 1.54) is 6.07 Å². The standard InChI is InChI=1S/C6H3AsN2O5/c7-14-6-2-1-4(8(10)11)3-5(6)9(12)13/h1-3H. The number of nitro benzene ring substituents is 2. The first kappa shape index (κ1) is 10.5. The second kappa shape index (κ2) is 4.06. The Bertz CT molecular complexity index is 394. The number of non-ortho nitro benzene ring substituents is 1. The van der Waals surface area contributed by atoms with Gasteiger partial charge in [0.1, 0.15) is 0 Å². The third-order valence-corrected chi connectivity index (χ3v) is 1.86. The van der Waals surface area contributed by atoms with Crippen LogP contribution in [0.4, 0.5) is 11.4 Å². The van der Waals surface area contributed by atoms with E-state index in [9.17, 15) is 20.2 Å². The Morgan fingerprint density at radius 1 is 1.21 bits per heavy atom. The molecule has 0 saturated heterocycles. The molecular weight excluding hydrogens is 255 g/mol. The molecule has 0 aliphatic rings. The number of hydrogen-bond acceptors (Lipinski definition) is 5. The van der Waals surface area contributed by atoms with Gasteiger partial charge in [0.15, 0.2) is 0 Å². The fourth-order valence-corrected chi connectivity index (χ4v) is 1.16. The minimum absolute atomic E-state index is 0.0272. The predicted octanol–water partition coefficient (Wildman–Crippen LogP) is 0.965. The van der Waals surface area contributed by atoms with Crippen LogP contribution in [-0.2, 0) is 0 Å². The second-order valence-electron chi connectivity index (χ2n) is 2.26. The quantitative estimate of drug-likeness (QED) is 0.457. The van der Waals surface area contributed by atoms with Crippen molar-refractivity contribution in [3.8, 4) is 5.75 Å². The van der Waals surface area contributed by atoms with Crippen LogP contribution in [-0.4, -0.2) is 27.0 Å². The molecule has 0 fully saturated rings. The molecule has 1 aromatic rings. The molecule has 1 aromatic carbocycles. The van der Waals surface area contributed by atoms with Crippen molar-refractivity contribution in [2.24, 2.45) is 0 Å². The van der Waals surface area contributed by atoms with Gasteiger partial charge in [-0.25, -0.2) is 0 Å². The Labute approximate surface area is 86.8 Å². The average molecular weight is 258 g/mol. The van der Waals surface area contributed by atoms with Gasteiger partial charge in [-0.2, -0.15) is 0 Å². The van der Waals surface area contributed by atoms with E-state index in [-0.39, 0.29) is 11.4 Å². The molecule has 0 amide bonds. The maximum atomic E-state index is 10.5. The molecule has 1 rings (SSSR count). The molecule has 0 heterocycles. The molecule has 72 valence electrons. The first-order valence-corrected chi connectivity index (χ1v) is 4.07. The molecule has 7 nitrogen and oxygen atoms in total. The molecule has 0 bridgehead atoms. The van der Waals surface area contributed by atoms with Gasteiger partial charge in [0.2, 0.25) is 0 Å². The molecule has 8 heteroatoms. The Kier molecular flexibility index (Phi) is 3.03. The molecule has 0 aliphatic carbocycles. The fraction of sp³-hybridized carbons (Fsp3) is 0. The molecule has 2 radical (unpaired) electrons. The summed E-state index contributed by atoms with van der Waals surface area (Å²) in [5, 5.41) is 20.8. The number of benzene rings is 1. The topological polar surface area (TPSA) is 95.5 Å². The van der Waals surface area contributed by atoms with Gasteiger partial charge in [0.05, 0.1) is 0 Å². The van der Waals surface area contributed by atoms with E-state index in [1.807, 2.05) is 0 Å². The van der Waals surface area contributed by atoms with E-state index in [1.54, 1.807) is 17.2 Å². The van der Waals surface area contributed by atoms with Gasteiger partial charge < -0.3 is 0 Å². The van der Waals surface area contributed by atoms with Crippen molar-refractivity contribution < 1.29 is 13.6 Å². The van der Waals surface area contributed by atoms with E-state index < -0.39 is 15.5 Å². The van der Waals surface area contributed by atoms with Gasteiger partial charge in [0, 0.05) is 0 Å². The Hall–Kier alpha value is -1.62. The van der Waals surface area contributed by atoms with E-state index >= 15 is 0 Å². The van der Waals surface area contributed by atoms with Crippen LogP contribution >= 0.6 is 0 Å². The van der Waals surface area contributed by atoms with E-state index in [4.69, 9.17) is 0 Å². The summed E-state index contributed by atoms with van der Waals surface area (Å²) < 4.78 is 4.61. The molecule has 14 heavy (non-hydrogen) atoms. The molecule has 0 aliphatic heterocycles. The molecule has 0 spiro atoms. The minimum atomic E-state index is -0.740. The van der Waals surface area contributed by atoms with Gasteiger partial charge in [-0.3, -0.25) is 0 Å². The molecule has 0 saturated carbocycles. The van der Waals surface area contributed by atoms with Crippen LogP contribution in [0.15, 0.2) is 18.2 Å². The third-order valence-electron chi connectivity index (χ3n) is 1.45. The van der Waals surface area contributed by atoms with Crippen molar-refractivity contribution in [2.75, 3.05) is 0 Å². The van der Waals surface area contributed by atoms with Crippen LogP contribution in [0.1, 0.15) is 0 Å². The van der Waals surface area contributed by atoms with Gasteiger partial charge in [-0.15, -0.1) is 0 Å². The van der Waals surface area contributed by atoms with Crippen molar-refractivity contribution in [2.45, 2.75) is 0 Å². The summed E-state index contributed by atoms with van der Waals surface area (Å²) in [6, 6.07) is 3.16. The van der Waals surface area contributed by atoms with Crippen LogP contribution in [0.2, 0.25) is 0 Å². The number of nitro groups is 2. The molecular formula is C6H3AsN2O5. The Morgan fingerprint density at radius 2 is 1.86 bits per heavy atom. The Morgan fingerprint density at radius 3 is 2.29 bits per heavy atom. The Balaban J connectivity index is 3.27. The van der Waals surface area contributed by atoms with Crippen molar-refractivity contribution in [1.29, 1.82) is 0 Å². The average Bonchev–Trinajstić information content (AvgIpc) is 2.16. The van der Waals surface area contributed by atoms with Crippen molar-refractivity contribution in [3.05, 3.63) is 38.4 Å². The summed E-state index contributed by atoms with van der Waals surface area (Å²) in [7, 11) is 0. The zero-order chi connectivity index (χ0) is 10.7. The maximum absolute atomic E-state index is 10.5. The predicted molar refractivity (Wildman–Crippen MR) is 46.1 cm³/mol. The SMILES string of the molecule is O=[N+]([O-])c1ccc(O[As])c([N+](=O)[O-])c1. The first-order valence-electron chi connectivity index (χ1n) is 3.30.